The quantitative estimate of drug-likeness (QED) is 0.609. The van der Waals surface area contributed by atoms with Gasteiger partial charge in [-0.05, 0) is 41.2 Å². The molecule has 0 spiro atoms. The van der Waals surface area contributed by atoms with Gasteiger partial charge in [-0.25, -0.2) is 0 Å². The first kappa shape index (κ1) is 11.0. The minimum atomic E-state index is 0.314. The molecule has 1 atom stereocenters. The van der Waals surface area contributed by atoms with Crippen molar-refractivity contribution in [2.24, 2.45) is 0 Å². The smallest absolute Gasteiger partial charge is 0.0124 e. The van der Waals surface area contributed by atoms with Crippen LogP contribution in [0.15, 0.2) is 0 Å². The van der Waals surface area contributed by atoms with Crippen LogP contribution in [0.3, 0.4) is 0 Å². The van der Waals surface area contributed by atoms with Crippen molar-refractivity contribution in [1.29, 1.82) is 0 Å². The maximum absolute atomic E-state index is 2.44. The predicted molar refractivity (Wildman–Crippen MR) is 51.9 cm³/mol. The van der Waals surface area contributed by atoms with E-state index in [0.29, 0.717) is 11.6 Å². The molecule has 1 nitrogen and oxygen atoms in total. The molecule has 1 unspecified atom stereocenters. The van der Waals surface area contributed by atoms with Crippen LogP contribution in [0.1, 0.15) is 47.5 Å². The molecular weight excluding hydrogens is 134 g/mol. The Kier molecular flexibility index (Phi) is 4.09. The average molecular weight is 157 g/mol. The van der Waals surface area contributed by atoms with Crippen molar-refractivity contribution in [3.05, 3.63) is 0 Å². The first-order valence-electron chi connectivity index (χ1n) is 4.62. The minimum Gasteiger partial charge on any atom is -0.299 e. The summed E-state index contributed by atoms with van der Waals surface area (Å²) in [4.78, 5) is 2.44. The highest BCUT2D eigenvalue weighted by atomic mass is 15.2. The predicted octanol–water partition coefficient (Wildman–Crippen LogP) is 2.91. The molecule has 0 aromatic heterocycles. The molecule has 0 aliphatic carbocycles. The Morgan fingerprint density at radius 1 is 1.27 bits per heavy atom. The van der Waals surface area contributed by atoms with Crippen molar-refractivity contribution in [2.45, 2.75) is 59.0 Å². The summed E-state index contributed by atoms with van der Waals surface area (Å²) in [5.41, 5.74) is 0.314. The normalized spacial score (nSPS) is 15.5. The average Bonchev–Trinajstić information content (AvgIpc) is 1.85. The second kappa shape index (κ2) is 4.10. The lowest BCUT2D eigenvalue weighted by molar-refractivity contribution is 0.120. The van der Waals surface area contributed by atoms with E-state index in [2.05, 4.69) is 46.6 Å². The van der Waals surface area contributed by atoms with Crippen LogP contribution in [-0.2, 0) is 0 Å². The standard InChI is InChI=1S/C10H23N/c1-7-8-9(2)11(6)10(3,4)5/h9H,7-8H2,1-6H3. The van der Waals surface area contributed by atoms with E-state index < -0.39 is 0 Å². The zero-order valence-corrected chi connectivity index (χ0v) is 8.94. The number of hydrogen-bond acceptors (Lipinski definition) is 1. The summed E-state index contributed by atoms with van der Waals surface area (Å²) in [6.07, 6.45) is 2.58. The van der Waals surface area contributed by atoms with Gasteiger partial charge < -0.3 is 0 Å². The van der Waals surface area contributed by atoms with Gasteiger partial charge in [0.15, 0.2) is 0 Å². The number of nitrogens with zero attached hydrogens (tertiary/aromatic N) is 1. The molecule has 68 valence electrons. The molecule has 0 heterocycles. The zero-order chi connectivity index (χ0) is 9.07. The van der Waals surface area contributed by atoms with E-state index in [-0.39, 0.29) is 0 Å². The van der Waals surface area contributed by atoms with Crippen LogP contribution < -0.4 is 0 Å². The van der Waals surface area contributed by atoms with Crippen molar-refractivity contribution >= 4 is 0 Å². The van der Waals surface area contributed by atoms with Crippen LogP contribution in [-0.4, -0.2) is 23.5 Å². The van der Waals surface area contributed by atoms with E-state index in [0.717, 1.165) is 0 Å². The van der Waals surface area contributed by atoms with Gasteiger partial charge in [-0.1, -0.05) is 13.3 Å². The topological polar surface area (TPSA) is 3.24 Å². The molecule has 11 heavy (non-hydrogen) atoms. The molecule has 0 aromatic rings. The monoisotopic (exact) mass is 157 g/mol. The fourth-order valence-corrected chi connectivity index (χ4v) is 1.27. The van der Waals surface area contributed by atoms with Crippen LogP contribution >= 0.6 is 0 Å². The third-order valence-electron chi connectivity index (χ3n) is 2.43. The van der Waals surface area contributed by atoms with Crippen LogP contribution in [0, 0.1) is 0 Å². The van der Waals surface area contributed by atoms with Crippen molar-refractivity contribution in [3.63, 3.8) is 0 Å². The minimum absolute atomic E-state index is 0.314. The van der Waals surface area contributed by atoms with Crippen molar-refractivity contribution < 1.29 is 0 Å². The molecular formula is C10H23N. The molecule has 0 saturated heterocycles. The van der Waals surface area contributed by atoms with Gasteiger partial charge in [-0.15, -0.1) is 0 Å². The highest BCUT2D eigenvalue weighted by Gasteiger charge is 2.20. The summed E-state index contributed by atoms with van der Waals surface area (Å²) in [5.74, 6) is 0. The van der Waals surface area contributed by atoms with Crippen molar-refractivity contribution in [1.82, 2.24) is 4.90 Å². The lowest BCUT2D eigenvalue weighted by Crippen LogP contribution is -2.43. The second-order valence-electron chi connectivity index (χ2n) is 4.42. The van der Waals surface area contributed by atoms with Gasteiger partial charge in [0.25, 0.3) is 0 Å². The Balaban J connectivity index is 3.91. The van der Waals surface area contributed by atoms with Gasteiger partial charge >= 0.3 is 0 Å². The fraction of sp³-hybridized carbons (Fsp3) is 1.00. The summed E-state index contributed by atoms with van der Waals surface area (Å²) in [6.45, 7) is 11.3. The lowest BCUT2D eigenvalue weighted by atomic mass is 10.0. The Labute approximate surface area is 71.8 Å². The van der Waals surface area contributed by atoms with Crippen molar-refractivity contribution in [2.75, 3.05) is 7.05 Å². The van der Waals surface area contributed by atoms with E-state index in [9.17, 15) is 0 Å². The third-order valence-corrected chi connectivity index (χ3v) is 2.43. The van der Waals surface area contributed by atoms with E-state index in [4.69, 9.17) is 0 Å². The molecule has 0 aliphatic heterocycles. The molecule has 0 amide bonds. The van der Waals surface area contributed by atoms with Crippen LogP contribution in [0.4, 0.5) is 0 Å². The Morgan fingerprint density at radius 3 is 2.00 bits per heavy atom. The first-order chi connectivity index (χ1) is 4.89. The summed E-state index contributed by atoms with van der Waals surface area (Å²) >= 11 is 0. The molecule has 0 fully saturated rings. The summed E-state index contributed by atoms with van der Waals surface area (Å²) in [7, 11) is 2.21. The van der Waals surface area contributed by atoms with E-state index in [1.54, 1.807) is 0 Å². The van der Waals surface area contributed by atoms with Gasteiger partial charge in [0.05, 0.1) is 0 Å². The Morgan fingerprint density at radius 2 is 1.73 bits per heavy atom. The van der Waals surface area contributed by atoms with Gasteiger partial charge in [0, 0.05) is 11.6 Å². The molecule has 0 N–H and O–H groups in total. The van der Waals surface area contributed by atoms with Crippen LogP contribution in [0.25, 0.3) is 0 Å². The highest BCUT2D eigenvalue weighted by Crippen LogP contribution is 2.16. The maximum atomic E-state index is 2.44. The largest absolute Gasteiger partial charge is 0.299 e. The van der Waals surface area contributed by atoms with Gasteiger partial charge in [0.1, 0.15) is 0 Å². The highest BCUT2D eigenvalue weighted by molar-refractivity contribution is 4.77. The molecule has 0 aliphatic rings. The lowest BCUT2D eigenvalue weighted by Gasteiger charge is -2.37. The summed E-state index contributed by atoms with van der Waals surface area (Å²) in [5, 5.41) is 0. The third kappa shape index (κ3) is 3.76. The summed E-state index contributed by atoms with van der Waals surface area (Å²) in [6, 6.07) is 0.708. The Bertz CT molecular complexity index is 102. The number of hydrogen-bond donors (Lipinski definition) is 0. The first-order valence-corrected chi connectivity index (χ1v) is 4.62. The zero-order valence-electron chi connectivity index (χ0n) is 8.94. The van der Waals surface area contributed by atoms with E-state index >= 15 is 0 Å². The SMILES string of the molecule is CCCC(C)N(C)C(C)(C)C. The van der Waals surface area contributed by atoms with Gasteiger partial charge in [-0.3, -0.25) is 4.90 Å². The second-order valence-corrected chi connectivity index (χ2v) is 4.42. The fourth-order valence-electron chi connectivity index (χ4n) is 1.27. The van der Waals surface area contributed by atoms with Crippen LogP contribution in [0.5, 0.6) is 0 Å². The Hall–Kier alpha value is -0.0400. The van der Waals surface area contributed by atoms with Gasteiger partial charge in [-0.2, -0.15) is 0 Å². The summed E-state index contributed by atoms with van der Waals surface area (Å²) < 4.78 is 0. The van der Waals surface area contributed by atoms with Gasteiger partial charge in [0.2, 0.25) is 0 Å². The molecule has 0 aromatic carbocycles. The maximum Gasteiger partial charge on any atom is 0.0124 e. The molecule has 0 bridgehead atoms. The van der Waals surface area contributed by atoms with Crippen molar-refractivity contribution in [3.8, 4) is 0 Å². The molecule has 1 heteroatoms. The molecule has 0 radical (unpaired) electrons. The number of rotatable bonds is 3. The van der Waals surface area contributed by atoms with Crippen LogP contribution in [0.2, 0.25) is 0 Å². The molecule has 0 saturated carbocycles. The van der Waals surface area contributed by atoms with E-state index in [1.807, 2.05) is 0 Å². The molecule has 0 rings (SSSR count). The van der Waals surface area contributed by atoms with E-state index in [1.165, 1.54) is 12.8 Å².